The number of benzene rings is 1. The maximum absolute atomic E-state index is 12.7. The van der Waals surface area contributed by atoms with Crippen LogP contribution >= 0.6 is 11.6 Å². The Labute approximate surface area is 143 Å². The lowest BCUT2D eigenvalue weighted by molar-refractivity contribution is -0.143. The molecule has 8 heteroatoms. The number of rotatable bonds is 3. The zero-order chi connectivity index (χ0) is 17.3. The van der Waals surface area contributed by atoms with Crippen molar-refractivity contribution in [1.29, 1.82) is 0 Å². The number of likely N-dealkylation sites (tertiary alicyclic amines) is 1. The Bertz CT molecular complexity index is 776. The fourth-order valence-corrected chi connectivity index (χ4v) is 3.03. The Morgan fingerprint density at radius 3 is 2.83 bits per heavy atom. The van der Waals surface area contributed by atoms with Gasteiger partial charge in [-0.2, -0.15) is 0 Å². The molecule has 1 amide bonds. The van der Waals surface area contributed by atoms with Crippen molar-refractivity contribution in [3.63, 3.8) is 0 Å². The van der Waals surface area contributed by atoms with Gasteiger partial charge in [0.2, 0.25) is 0 Å². The fourth-order valence-electron chi connectivity index (χ4n) is 2.85. The molecule has 1 N–H and O–H groups in total. The van der Waals surface area contributed by atoms with Crippen LogP contribution in [0.3, 0.4) is 0 Å². The van der Waals surface area contributed by atoms with E-state index in [1.165, 1.54) is 10.9 Å². The van der Waals surface area contributed by atoms with Gasteiger partial charge in [-0.05, 0) is 38.0 Å². The van der Waals surface area contributed by atoms with Gasteiger partial charge in [-0.25, -0.2) is 4.68 Å². The molecule has 24 heavy (non-hydrogen) atoms. The highest BCUT2D eigenvalue weighted by molar-refractivity contribution is 6.30. The molecule has 0 spiro atoms. The number of hydrogen-bond donors (Lipinski definition) is 1. The number of piperidine rings is 1. The minimum Gasteiger partial charge on any atom is -0.481 e. The summed E-state index contributed by atoms with van der Waals surface area (Å²) in [5, 5.41) is 17.7. The van der Waals surface area contributed by atoms with Crippen molar-refractivity contribution in [3.8, 4) is 5.69 Å². The highest BCUT2D eigenvalue weighted by atomic mass is 35.5. The molecule has 0 radical (unpaired) electrons. The van der Waals surface area contributed by atoms with Crippen LogP contribution < -0.4 is 0 Å². The van der Waals surface area contributed by atoms with Crippen molar-refractivity contribution in [2.24, 2.45) is 5.92 Å². The number of halogens is 1. The monoisotopic (exact) mass is 348 g/mol. The topological polar surface area (TPSA) is 88.3 Å². The summed E-state index contributed by atoms with van der Waals surface area (Å²) >= 11 is 5.96. The third kappa shape index (κ3) is 3.26. The van der Waals surface area contributed by atoms with Crippen LogP contribution in [-0.4, -0.2) is 49.5 Å². The van der Waals surface area contributed by atoms with Crippen molar-refractivity contribution >= 4 is 23.5 Å². The molecule has 1 saturated heterocycles. The van der Waals surface area contributed by atoms with Gasteiger partial charge in [0.15, 0.2) is 5.69 Å². The number of hydrogen-bond acceptors (Lipinski definition) is 4. The van der Waals surface area contributed by atoms with Crippen LogP contribution in [0, 0.1) is 5.92 Å². The molecule has 126 valence electrons. The number of carboxylic acid groups (broad SMARTS) is 1. The van der Waals surface area contributed by atoms with Crippen molar-refractivity contribution in [2.45, 2.75) is 25.8 Å². The molecule has 1 aromatic carbocycles. The van der Waals surface area contributed by atoms with E-state index in [4.69, 9.17) is 11.6 Å². The largest absolute Gasteiger partial charge is 0.481 e. The molecule has 1 aliphatic rings. The lowest BCUT2D eigenvalue weighted by atomic mass is 9.93. The molecule has 2 heterocycles. The summed E-state index contributed by atoms with van der Waals surface area (Å²) in [6.45, 7) is 2.11. The van der Waals surface area contributed by atoms with Gasteiger partial charge in [0.05, 0.1) is 17.8 Å². The minimum absolute atomic E-state index is 0.0237. The standard InChI is InChI=1S/C16H17ClN4O3/c1-10-5-6-11(16(23)24)8-20(10)15(22)14-9-21(19-18-14)13-4-2-3-12(17)7-13/h2-4,7,9-11H,5-6,8H2,1H3,(H,23,24). The lowest BCUT2D eigenvalue weighted by Gasteiger charge is -2.35. The normalized spacial score (nSPS) is 20.8. The molecule has 7 nitrogen and oxygen atoms in total. The van der Waals surface area contributed by atoms with Gasteiger partial charge in [0.25, 0.3) is 5.91 Å². The van der Waals surface area contributed by atoms with Gasteiger partial charge in [0, 0.05) is 17.6 Å². The third-order valence-electron chi connectivity index (χ3n) is 4.28. The zero-order valence-corrected chi connectivity index (χ0v) is 13.8. The summed E-state index contributed by atoms with van der Waals surface area (Å²) < 4.78 is 1.47. The summed E-state index contributed by atoms with van der Waals surface area (Å²) in [5.74, 6) is -1.71. The van der Waals surface area contributed by atoms with Crippen LogP contribution in [0.15, 0.2) is 30.5 Å². The van der Waals surface area contributed by atoms with Gasteiger partial charge in [-0.15, -0.1) is 5.10 Å². The lowest BCUT2D eigenvalue weighted by Crippen LogP contribution is -2.47. The van der Waals surface area contributed by atoms with Gasteiger partial charge < -0.3 is 10.0 Å². The summed E-state index contributed by atoms with van der Waals surface area (Å²) in [6, 6.07) is 7.03. The van der Waals surface area contributed by atoms with E-state index in [1.807, 2.05) is 6.92 Å². The average molecular weight is 349 g/mol. The molecule has 0 saturated carbocycles. The molecule has 1 aromatic heterocycles. The summed E-state index contributed by atoms with van der Waals surface area (Å²) in [4.78, 5) is 25.4. The summed E-state index contributed by atoms with van der Waals surface area (Å²) in [6.07, 6.45) is 2.77. The van der Waals surface area contributed by atoms with Gasteiger partial charge in [-0.3, -0.25) is 9.59 Å². The number of amides is 1. The van der Waals surface area contributed by atoms with Crippen LogP contribution in [0.4, 0.5) is 0 Å². The number of aromatic nitrogens is 3. The molecule has 0 aliphatic carbocycles. The van der Waals surface area contributed by atoms with Crippen LogP contribution in [0.2, 0.25) is 5.02 Å². The summed E-state index contributed by atoms with van der Waals surface area (Å²) in [7, 11) is 0. The van der Waals surface area contributed by atoms with E-state index in [-0.39, 0.29) is 24.2 Å². The molecular formula is C16H17ClN4O3. The van der Waals surface area contributed by atoms with E-state index in [1.54, 1.807) is 29.2 Å². The predicted octanol–water partition coefficient (Wildman–Crippen LogP) is 2.25. The molecule has 2 aromatic rings. The smallest absolute Gasteiger partial charge is 0.308 e. The second-order valence-corrected chi connectivity index (χ2v) is 6.38. The van der Waals surface area contributed by atoms with E-state index in [2.05, 4.69) is 10.3 Å². The second-order valence-electron chi connectivity index (χ2n) is 5.95. The molecule has 1 fully saturated rings. The van der Waals surface area contributed by atoms with Gasteiger partial charge in [0.1, 0.15) is 0 Å². The Morgan fingerprint density at radius 2 is 2.12 bits per heavy atom. The van der Waals surface area contributed by atoms with Crippen molar-refractivity contribution in [1.82, 2.24) is 19.9 Å². The zero-order valence-electron chi connectivity index (χ0n) is 13.1. The van der Waals surface area contributed by atoms with Crippen LogP contribution in [-0.2, 0) is 4.79 Å². The number of carbonyl (C=O) groups is 2. The first-order valence-electron chi connectivity index (χ1n) is 7.68. The van der Waals surface area contributed by atoms with Crippen LogP contribution in [0.1, 0.15) is 30.3 Å². The van der Waals surface area contributed by atoms with Gasteiger partial charge in [-0.1, -0.05) is 22.9 Å². The van der Waals surface area contributed by atoms with Crippen LogP contribution in [0.5, 0.6) is 0 Å². The first-order valence-corrected chi connectivity index (χ1v) is 8.05. The Morgan fingerprint density at radius 1 is 1.33 bits per heavy atom. The summed E-state index contributed by atoms with van der Waals surface area (Å²) in [5.41, 5.74) is 0.886. The minimum atomic E-state index is -0.873. The quantitative estimate of drug-likeness (QED) is 0.919. The number of nitrogens with zero attached hydrogens (tertiary/aromatic N) is 4. The number of aliphatic carboxylic acids is 1. The van der Waals surface area contributed by atoms with Crippen molar-refractivity contribution < 1.29 is 14.7 Å². The molecule has 1 aliphatic heterocycles. The Hall–Kier alpha value is -2.41. The van der Waals surface area contributed by atoms with E-state index in [0.717, 1.165) is 0 Å². The third-order valence-corrected chi connectivity index (χ3v) is 4.51. The molecule has 3 rings (SSSR count). The second kappa shape index (κ2) is 6.60. The number of carboxylic acids is 1. The number of carbonyl (C=O) groups excluding carboxylic acids is 1. The van der Waals surface area contributed by atoms with E-state index in [9.17, 15) is 14.7 Å². The molecular weight excluding hydrogens is 332 g/mol. The molecule has 2 atom stereocenters. The maximum Gasteiger partial charge on any atom is 0.308 e. The first kappa shape index (κ1) is 16.4. The van der Waals surface area contributed by atoms with Gasteiger partial charge >= 0.3 is 5.97 Å². The van der Waals surface area contributed by atoms with E-state index >= 15 is 0 Å². The van der Waals surface area contributed by atoms with E-state index in [0.29, 0.717) is 23.6 Å². The van der Waals surface area contributed by atoms with E-state index < -0.39 is 11.9 Å². The fraction of sp³-hybridized carbons (Fsp3) is 0.375. The predicted molar refractivity (Wildman–Crippen MR) is 87.2 cm³/mol. The van der Waals surface area contributed by atoms with Crippen LogP contribution in [0.25, 0.3) is 5.69 Å². The molecule has 0 bridgehead atoms. The highest BCUT2D eigenvalue weighted by Gasteiger charge is 2.34. The Balaban J connectivity index is 1.81. The van der Waals surface area contributed by atoms with Crippen molar-refractivity contribution in [3.05, 3.63) is 41.2 Å². The SMILES string of the molecule is CC1CCC(C(=O)O)CN1C(=O)c1cn(-c2cccc(Cl)c2)nn1. The highest BCUT2D eigenvalue weighted by Crippen LogP contribution is 2.24. The average Bonchev–Trinajstić information content (AvgIpc) is 3.04. The maximum atomic E-state index is 12.7. The first-order chi connectivity index (χ1) is 11.5. The Kier molecular flexibility index (Phi) is 4.53. The van der Waals surface area contributed by atoms with Crippen molar-refractivity contribution in [2.75, 3.05) is 6.54 Å². The molecule has 2 unspecified atom stereocenters.